The van der Waals surface area contributed by atoms with Gasteiger partial charge in [0.15, 0.2) is 6.23 Å². The Morgan fingerprint density at radius 2 is 1.75 bits per heavy atom. The summed E-state index contributed by atoms with van der Waals surface area (Å²) < 4.78 is 0. The molecule has 0 aromatic carbocycles. The Morgan fingerprint density at radius 1 is 1.25 bits per heavy atom. The summed E-state index contributed by atoms with van der Waals surface area (Å²) in [4.78, 5) is 12.0. The molecule has 12 heavy (non-hydrogen) atoms. The first-order chi connectivity index (χ1) is 5.46. The van der Waals surface area contributed by atoms with E-state index in [1.54, 1.807) is 6.92 Å². The molecule has 4 unspecified atom stereocenters. The Bertz CT molecular complexity index is 182. The monoisotopic (exact) mass is 175 g/mol. The molecule has 0 aromatic rings. The van der Waals surface area contributed by atoms with Crippen LogP contribution in [-0.2, 0) is 4.79 Å². The van der Waals surface area contributed by atoms with Crippen molar-refractivity contribution >= 4 is 5.91 Å². The van der Waals surface area contributed by atoms with Crippen LogP contribution in [0.1, 0.15) is 13.8 Å². The second-order valence-electron chi connectivity index (χ2n) is 3.06. The predicted molar refractivity (Wildman–Crippen MR) is 40.0 cm³/mol. The van der Waals surface area contributed by atoms with Crippen LogP contribution in [0.2, 0.25) is 0 Å². The quantitative estimate of drug-likeness (QED) is 0.409. The first-order valence-electron chi connectivity index (χ1n) is 3.80. The molecule has 5 heteroatoms. The lowest BCUT2D eigenvalue weighted by atomic mass is 10.1. The maximum atomic E-state index is 10.9. The summed E-state index contributed by atoms with van der Waals surface area (Å²) in [5.74, 6) is -0.356. The van der Waals surface area contributed by atoms with Crippen molar-refractivity contribution in [1.29, 1.82) is 0 Å². The van der Waals surface area contributed by atoms with Gasteiger partial charge in [-0.1, -0.05) is 0 Å². The minimum Gasteiger partial charge on any atom is -0.388 e. The van der Waals surface area contributed by atoms with Crippen LogP contribution in [-0.4, -0.2) is 50.6 Å². The molecule has 0 radical (unpaired) electrons. The number of aliphatic hydroxyl groups is 3. The van der Waals surface area contributed by atoms with Gasteiger partial charge in [-0.25, -0.2) is 0 Å². The van der Waals surface area contributed by atoms with Crippen LogP contribution in [0.3, 0.4) is 0 Å². The number of hydrogen-bond acceptors (Lipinski definition) is 4. The van der Waals surface area contributed by atoms with Crippen molar-refractivity contribution in [3.8, 4) is 0 Å². The fourth-order valence-electron chi connectivity index (χ4n) is 1.50. The zero-order valence-electron chi connectivity index (χ0n) is 7.01. The highest BCUT2D eigenvalue weighted by Crippen LogP contribution is 2.23. The van der Waals surface area contributed by atoms with Crippen LogP contribution in [0, 0.1) is 0 Å². The standard InChI is InChI=1S/C7H13NO4/c1-3-5(10)6(11)7(12)8(3)4(2)9/h3,5-7,10-12H,1-2H3. The number of nitrogens with zero attached hydrogens (tertiary/aromatic N) is 1. The molecule has 1 heterocycles. The third-order valence-corrected chi connectivity index (χ3v) is 2.24. The molecule has 1 aliphatic rings. The van der Waals surface area contributed by atoms with Crippen molar-refractivity contribution in [3.63, 3.8) is 0 Å². The molecule has 0 aromatic heterocycles. The second kappa shape index (κ2) is 3.01. The van der Waals surface area contributed by atoms with E-state index in [4.69, 9.17) is 5.11 Å². The van der Waals surface area contributed by atoms with Gasteiger partial charge in [0, 0.05) is 6.92 Å². The fraction of sp³-hybridized carbons (Fsp3) is 0.857. The molecule has 70 valence electrons. The predicted octanol–water partition coefficient (Wildman–Crippen LogP) is -1.72. The number of aliphatic hydroxyl groups excluding tert-OH is 3. The molecule has 1 rings (SSSR count). The molecule has 1 fully saturated rings. The van der Waals surface area contributed by atoms with Gasteiger partial charge in [-0.15, -0.1) is 0 Å². The zero-order valence-corrected chi connectivity index (χ0v) is 7.01. The number of amides is 1. The maximum absolute atomic E-state index is 10.9. The molecule has 0 aliphatic carbocycles. The summed E-state index contributed by atoms with van der Waals surface area (Å²) in [5, 5.41) is 27.7. The fourth-order valence-corrected chi connectivity index (χ4v) is 1.50. The average molecular weight is 175 g/mol. The number of rotatable bonds is 0. The van der Waals surface area contributed by atoms with Gasteiger partial charge in [-0.05, 0) is 6.92 Å². The minimum atomic E-state index is -1.28. The van der Waals surface area contributed by atoms with E-state index < -0.39 is 24.5 Å². The lowest BCUT2D eigenvalue weighted by molar-refractivity contribution is -0.141. The first-order valence-corrected chi connectivity index (χ1v) is 3.80. The van der Waals surface area contributed by atoms with Gasteiger partial charge in [0.1, 0.15) is 12.2 Å². The van der Waals surface area contributed by atoms with Gasteiger partial charge in [0.25, 0.3) is 0 Å². The van der Waals surface area contributed by atoms with Gasteiger partial charge in [0.2, 0.25) is 5.91 Å². The summed E-state index contributed by atoms with van der Waals surface area (Å²) in [6.07, 6.45) is -3.61. The van der Waals surface area contributed by atoms with E-state index in [0.29, 0.717) is 0 Å². The van der Waals surface area contributed by atoms with Crippen molar-refractivity contribution < 1.29 is 20.1 Å². The molecule has 1 aliphatic heterocycles. The Labute approximate surface area is 70.2 Å². The third-order valence-electron chi connectivity index (χ3n) is 2.24. The number of carbonyl (C=O) groups excluding carboxylic acids is 1. The minimum absolute atomic E-state index is 0.356. The van der Waals surface area contributed by atoms with Crippen LogP contribution in [0.5, 0.6) is 0 Å². The summed E-state index contributed by atoms with van der Waals surface area (Å²) in [7, 11) is 0. The van der Waals surface area contributed by atoms with E-state index in [-0.39, 0.29) is 5.91 Å². The molecule has 3 N–H and O–H groups in total. The van der Waals surface area contributed by atoms with Crippen molar-refractivity contribution in [2.45, 2.75) is 38.3 Å². The second-order valence-corrected chi connectivity index (χ2v) is 3.06. The summed E-state index contributed by atoms with van der Waals surface area (Å²) >= 11 is 0. The van der Waals surface area contributed by atoms with Crippen LogP contribution >= 0.6 is 0 Å². The van der Waals surface area contributed by atoms with E-state index in [0.717, 1.165) is 4.90 Å². The van der Waals surface area contributed by atoms with Crippen molar-refractivity contribution in [1.82, 2.24) is 4.90 Å². The van der Waals surface area contributed by atoms with Gasteiger partial charge in [0.05, 0.1) is 6.04 Å². The highest BCUT2D eigenvalue weighted by atomic mass is 16.4. The van der Waals surface area contributed by atoms with E-state index in [9.17, 15) is 15.0 Å². The Kier molecular flexibility index (Phi) is 2.36. The Balaban J connectivity index is 2.83. The number of carbonyl (C=O) groups is 1. The molecule has 4 atom stereocenters. The third kappa shape index (κ3) is 1.20. The number of likely N-dealkylation sites (tertiary alicyclic amines) is 1. The summed E-state index contributed by atoms with van der Waals surface area (Å²) in [6.45, 7) is 2.86. The lowest BCUT2D eigenvalue weighted by Gasteiger charge is -2.23. The molecular weight excluding hydrogens is 162 g/mol. The molecule has 0 bridgehead atoms. The average Bonchev–Trinajstić information content (AvgIpc) is 2.16. The van der Waals surface area contributed by atoms with E-state index >= 15 is 0 Å². The van der Waals surface area contributed by atoms with Gasteiger partial charge < -0.3 is 20.2 Å². The van der Waals surface area contributed by atoms with Gasteiger partial charge in [-0.3, -0.25) is 4.79 Å². The maximum Gasteiger partial charge on any atom is 0.221 e. The molecular formula is C7H13NO4. The molecule has 0 spiro atoms. The van der Waals surface area contributed by atoms with Gasteiger partial charge in [-0.2, -0.15) is 0 Å². The van der Waals surface area contributed by atoms with E-state index in [1.165, 1.54) is 6.92 Å². The largest absolute Gasteiger partial charge is 0.388 e. The van der Waals surface area contributed by atoms with Crippen LogP contribution < -0.4 is 0 Å². The van der Waals surface area contributed by atoms with Crippen LogP contribution in [0.15, 0.2) is 0 Å². The highest BCUT2D eigenvalue weighted by molar-refractivity contribution is 5.74. The molecule has 1 amide bonds. The molecule has 5 nitrogen and oxygen atoms in total. The van der Waals surface area contributed by atoms with E-state index in [1.807, 2.05) is 0 Å². The summed E-state index contributed by atoms with van der Waals surface area (Å²) in [5.41, 5.74) is 0. The number of hydrogen-bond donors (Lipinski definition) is 3. The smallest absolute Gasteiger partial charge is 0.221 e. The Morgan fingerprint density at radius 3 is 1.92 bits per heavy atom. The molecule has 1 saturated heterocycles. The highest BCUT2D eigenvalue weighted by Gasteiger charge is 2.45. The van der Waals surface area contributed by atoms with Crippen LogP contribution in [0.25, 0.3) is 0 Å². The van der Waals surface area contributed by atoms with Crippen molar-refractivity contribution in [2.24, 2.45) is 0 Å². The zero-order chi connectivity index (χ0) is 9.46. The van der Waals surface area contributed by atoms with Crippen LogP contribution in [0.4, 0.5) is 0 Å². The molecule has 0 saturated carbocycles. The Hall–Kier alpha value is -0.650. The lowest BCUT2D eigenvalue weighted by Crippen LogP contribution is -2.41. The van der Waals surface area contributed by atoms with Crippen molar-refractivity contribution in [2.75, 3.05) is 0 Å². The van der Waals surface area contributed by atoms with Gasteiger partial charge >= 0.3 is 0 Å². The normalized spacial score (nSPS) is 41.9. The summed E-state index contributed by atoms with van der Waals surface area (Å²) in [6, 6.07) is -0.535. The van der Waals surface area contributed by atoms with Crippen molar-refractivity contribution in [3.05, 3.63) is 0 Å². The topological polar surface area (TPSA) is 81.0 Å². The SMILES string of the molecule is CC(=O)N1C(C)C(O)C(O)C1O. The van der Waals surface area contributed by atoms with E-state index in [2.05, 4.69) is 0 Å². The first kappa shape index (κ1) is 9.44.